The first-order valence-electron chi connectivity index (χ1n) is 9.96. The molecule has 0 bridgehead atoms. The lowest BCUT2D eigenvalue weighted by Crippen LogP contribution is -2.52. The summed E-state index contributed by atoms with van der Waals surface area (Å²) in [6.07, 6.45) is 7.79. The van der Waals surface area contributed by atoms with Crippen molar-refractivity contribution in [2.45, 2.75) is 19.0 Å². The second-order valence-electron chi connectivity index (χ2n) is 7.71. The Hall–Kier alpha value is -2.45. The summed E-state index contributed by atoms with van der Waals surface area (Å²) >= 11 is 0. The van der Waals surface area contributed by atoms with Crippen molar-refractivity contribution in [2.75, 3.05) is 37.7 Å². The van der Waals surface area contributed by atoms with E-state index in [9.17, 15) is 13.2 Å². The van der Waals surface area contributed by atoms with Crippen molar-refractivity contribution in [3.05, 3.63) is 59.9 Å². The summed E-state index contributed by atoms with van der Waals surface area (Å²) in [5.41, 5.74) is 2.07. The molecule has 1 atom stereocenters. The molecule has 2 aliphatic heterocycles. The van der Waals surface area contributed by atoms with Crippen LogP contribution in [-0.2, 0) is 21.2 Å². The highest BCUT2D eigenvalue weighted by molar-refractivity contribution is 7.91. The molecule has 2 fully saturated rings. The summed E-state index contributed by atoms with van der Waals surface area (Å²) in [6, 6.07) is 10.2. The van der Waals surface area contributed by atoms with Crippen molar-refractivity contribution in [1.29, 1.82) is 0 Å². The van der Waals surface area contributed by atoms with Crippen LogP contribution in [0.15, 0.2) is 48.8 Å². The topological polar surface area (TPSA) is 75.5 Å². The smallest absolute Gasteiger partial charge is 0.246 e. The summed E-state index contributed by atoms with van der Waals surface area (Å²) in [5, 5.41) is 4.35. The first kappa shape index (κ1) is 19.8. The van der Waals surface area contributed by atoms with Crippen LogP contribution in [0, 0.1) is 0 Å². The van der Waals surface area contributed by atoms with E-state index in [1.54, 1.807) is 18.3 Å². The number of hydrogen-bond donors (Lipinski definition) is 0. The van der Waals surface area contributed by atoms with Crippen LogP contribution in [0.2, 0.25) is 0 Å². The third kappa shape index (κ3) is 5.13. The average molecular weight is 415 g/mol. The Kier molecular flexibility index (Phi) is 5.82. The number of carbonyl (C=O) groups is 1. The maximum absolute atomic E-state index is 12.5. The molecule has 3 heterocycles. The molecule has 2 aromatic rings. The average Bonchev–Trinajstić information content (AvgIpc) is 3.33. The van der Waals surface area contributed by atoms with Crippen molar-refractivity contribution in [2.24, 2.45) is 0 Å². The van der Waals surface area contributed by atoms with Gasteiger partial charge in [0.05, 0.1) is 24.2 Å². The number of aromatic nitrogens is 2. The molecule has 1 aromatic heterocycles. The second kappa shape index (κ2) is 8.51. The van der Waals surface area contributed by atoms with E-state index >= 15 is 0 Å². The molecule has 154 valence electrons. The Morgan fingerprint density at radius 2 is 1.90 bits per heavy atom. The molecule has 0 unspecified atom stereocenters. The van der Waals surface area contributed by atoms with Gasteiger partial charge in [0.15, 0.2) is 9.84 Å². The van der Waals surface area contributed by atoms with Gasteiger partial charge in [-0.1, -0.05) is 30.3 Å². The van der Waals surface area contributed by atoms with Gasteiger partial charge in [0.1, 0.15) is 0 Å². The Labute approximate surface area is 171 Å². The Morgan fingerprint density at radius 1 is 1.14 bits per heavy atom. The highest BCUT2D eigenvalue weighted by atomic mass is 32.2. The highest BCUT2D eigenvalue weighted by Crippen LogP contribution is 2.19. The van der Waals surface area contributed by atoms with Crippen LogP contribution in [0.25, 0.3) is 6.08 Å². The van der Waals surface area contributed by atoms with Crippen LogP contribution in [0.4, 0.5) is 0 Å². The highest BCUT2D eigenvalue weighted by Gasteiger charge is 2.34. The summed E-state index contributed by atoms with van der Waals surface area (Å²) in [4.78, 5) is 16.5. The fourth-order valence-electron chi connectivity index (χ4n) is 3.97. The zero-order chi connectivity index (χ0) is 20.3. The molecule has 7 nitrogen and oxygen atoms in total. The molecule has 4 rings (SSSR count). The predicted octanol–water partition coefficient (Wildman–Crippen LogP) is 1.28. The third-order valence-corrected chi connectivity index (χ3v) is 7.36. The first-order valence-corrected chi connectivity index (χ1v) is 11.8. The molecule has 1 amide bonds. The molecule has 8 heteroatoms. The minimum Gasteiger partial charge on any atom is -0.337 e. The van der Waals surface area contributed by atoms with E-state index in [0.29, 0.717) is 26.1 Å². The Balaban J connectivity index is 1.27. The normalized spacial score (nSPS) is 22.3. The number of nitrogens with zero attached hydrogens (tertiary/aromatic N) is 4. The maximum atomic E-state index is 12.5. The van der Waals surface area contributed by atoms with Crippen LogP contribution in [0.1, 0.15) is 17.5 Å². The summed E-state index contributed by atoms with van der Waals surface area (Å²) in [6.45, 7) is 3.42. The lowest BCUT2D eigenvalue weighted by molar-refractivity contribution is -0.127. The molecular weight excluding hydrogens is 388 g/mol. The van der Waals surface area contributed by atoms with Gasteiger partial charge in [0.2, 0.25) is 5.91 Å². The Bertz CT molecular complexity index is 976. The quantitative estimate of drug-likeness (QED) is 0.689. The second-order valence-corrected chi connectivity index (χ2v) is 9.94. The molecule has 29 heavy (non-hydrogen) atoms. The predicted molar refractivity (Wildman–Crippen MR) is 112 cm³/mol. The molecule has 0 spiro atoms. The molecule has 2 aliphatic rings. The number of amides is 1. The zero-order valence-corrected chi connectivity index (χ0v) is 17.2. The van der Waals surface area contributed by atoms with Crippen molar-refractivity contribution >= 4 is 21.8 Å². The van der Waals surface area contributed by atoms with Gasteiger partial charge >= 0.3 is 0 Å². The van der Waals surface area contributed by atoms with Crippen LogP contribution >= 0.6 is 0 Å². The van der Waals surface area contributed by atoms with E-state index < -0.39 is 9.84 Å². The number of hydrogen-bond acceptors (Lipinski definition) is 5. The van der Waals surface area contributed by atoms with Crippen molar-refractivity contribution < 1.29 is 13.2 Å². The number of sulfone groups is 1. The minimum atomic E-state index is -2.87. The van der Waals surface area contributed by atoms with Gasteiger partial charge in [-0.3, -0.25) is 14.4 Å². The van der Waals surface area contributed by atoms with E-state index in [4.69, 9.17) is 0 Å². The van der Waals surface area contributed by atoms with Gasteiger partial charge in [0.25, 0.3) is 0 Å². The van der Waals surface area contributed by atoms with E-state index in [0.717, 1.165) is 18.7 Å². The van der Waals surface area contributed by atoms with Gasteiger partial charge in [-0.25, -0.2) is 8.42 Å². The van der Waals surface area contributed by atoms with Crippen molar-refractivity contribution in [1.82, 2.24) is 19.6 Å². The van der Waals surface area contributed by atoms with Crippen LogP contribution < -0.4 is 0 Å². The molecule has 0 saturated carbocycles. The van der Waals surface area contributed by atoms with E-state index in [1.807, 2.05) is 34.0 Å². The molecular formula is C21H26N4O3S. The van der Waals surface area contributed by atoms with E-state index in [-0.39, 0.29) is 23.5 Å². The summed E-state index contributed by atoms with van der Waals surface area (Å²) in [5.74, 6) is 0.533. The first-order chi connectivity index (χ1) is 14.0. The fourth-order valence-corrected chi connectivity index (χ4v) is 5.73. The van der Waals surface area contributed by atoms with Crippen molar-refractivity contribution in [3.63, 3.8) is 0 Å². The minimum absolute atomic E-state index is 0.0143. The van der Waals surface area contributed by atoms with Gasteiger partial charge in [-0.15, -0.1) is 0 Å². The molecule has 0 N–H and O–H groups in total. The molecule has 1 aromatic carbocycles. The summed E-state index contributed by atoms with van der Waals surface area (Å²) in [7, 11) is -2.87. The number of piperazine rings is 1. The van der Waals surface area contributed by atoms with E-state index in [2.05, 4.69) is 22.1 Å². The van der Waals surface area contributed by atoms with Gasteiger partial charge in [0, 0.05) is 50.1 Å². The monoisotopic (exact) mass is 414 g/mol. The number of benzene rings is 1. The zero-order valence-electron chi connectivity index (χ0n) is 16.4. The lowest BCUT2D eigenvalue weighted by atomic mass is 10.2. The molecule has 2 saturated heterocycles. The van der Waals surface area contributed by atoms with Gasteiger partial charge < -0.3 is 4.90 Å². The molecule has 0 radical (unpaired) electrons. The van der Waals surface area contributed by atoms with Crippen LogP contribution in [-0.4, -0.2) is 77.6 Å². The van der Waals surface area contributed by atoms with E-state index in [1.165, 1.54) is 5.56 Å². The van der Waals surface area contributed by atoms with Crippen LogP contribution in [0.3, 0.4) is 0 Å². The SMILES string of the molecule is O=C(/C=C/c1cnn(Cc2ccccc2)c1)N1CCN([C@@H]2CCS(=O)(=O)C2)CC1. The summed E-state index contributed by atoms with van der Waals surface area (Å²) < 4.78 is 25.2. The van der Waals surface area contributed by atoms with Crippen molar-refractivity contribution in [3.8, 4) is 0 Å². The number of carbonyl (C=O) groups excluding carboxylic acids is 1. The largest absolute Gasteiger partial charge is 0.337 e. The van der Waals surface area contributed by atoms with Crippen LogP contribution in [0.5, 0.6) is 0 Å². The standard InChI is InChI=1S/C21H26N4O3S/c26-21(24-11-9-23(10-12-24)20-8-13-29(27,28)17-20)7-6-19-14-22-25(16-19)15-18-4-2-1-3-5-18/h1-7,14,16,20H,8-13,15,17H2/b7-6+/t20-/m1/s1. The third-order valence-electron chi connectivity index (χ3n) is 5.61. The lowest BCUT2D eigenvalue weighted by Gasteiger charge is -2.37. The van der Waals surface area contributed by atoms with Gasteiger partial charge in [-0.05, 0) is 18.1 Å². The van der Waals surface area contributed by atoms with Gasteiger partial charge in [-0.2, -0.15) is 5.10 Å². The number of rotatable bonds is 5. The molecule has 0 aliphatic carbocycles. The Morgan fingerprint density at radius 3 is 2.59 bits per heavy atom. The maximum Gasteiger partial charge on any atom is 0.246 e. The fraction of sp³-hybridized carbons (Fsp3) is 0.429.